The van der Waals surface area contributed by atoms with Crippen LogP contribution in [0.15, 0.2) is 0 Å². The van der Waals surface area contributed by atoms with E-state index in [1.807, 2.05) is 6.92 Å². The van der Waals surface area contributed by atoms with Crippen LogP contribution in [0.4, 0.5) is 0 Å². The Morgan fingerprint density at radius 2 is 2.35 bits per heavy atom. The van der Waals surface area contributed by atoms with Crippen molar-refractivity contribution < 1.29 is 0 Å². The molecule has 0 bridgehead atoms. The summed E-state index contributed by atoms with van der Waals surface area (Å²) in [7, 11) is 0. The number of rotatable bonds is 2. The van der Waals surface area contributed by atoms with E-state index in [1.54, 1.807) is 0 Å². The smallest absolute Gasteiger partial charge is 0.164 e. The van der Waals surface area contributed by atoms with Gasteiger partial charge in [-0.25, -0.2) is 4.98 Å². The molecule has 17 heavy (non-hydrogen) atoms. The van der Waals surface area contributed by atoms with Crippen molar-refractivity contribution >= 4 is 0 Å². The summed E-state index contributed by atoms with van der Waals surface area (Å²) in [6.07, 6.45) is 3.98. The molecule has 3 heterocycles. The first kappa shape index (κ1) is 11.2. The maximum absolute atomic E-state index is 4.38. The molecule has 5 nitrogen and oxygen atoms in total. The number of aromatic nitrogens is 3. The van der Waals surface area contributed by atoms with E-state index in [2.05, 4.69) is 25.4 Å². The lowest BCUT2D eigenvalue weighted by Crippen LogP contribution is -2.51. The normalized spacial score (nSPS) is 30.2. The molecule has 0 spiro atoms. The lowest BCUT2D eigenvalue weighted by Gasteiger charge is -2.41. The zero-order valence-electron chi connectivity index (χ0n) is 10.4. The minimum Gasteiger partial charge on any atom is -0.314 e. The summed E-state index contributed by atoms with van der Waals surface area (Å²) in [6.45, 7) is 6.43. The first-order valence-electron chi connectivity index (χ1n) is 6.65. The van der Waals surface area contributed by atoms with Crippen molar-refractivity contribution in [2.24, 2.45) is 5.92 Å². The van der Waals surface area contributed by atoms with Crippen LogP contribution >= 0.6 is 0 Å². The van der Waals surface area contributed by atoms with Gasteiger partial charge in [-0.15, -0.1) is 0 Å². The number of nitrogens with zero attached hydrogens (tertiary/aromatic N) is 3. The van der Waals surface area contributed by atoms with Gasteiger partial charge in [-0.3, -0.25) is 10.00 Å². The molecular weight excluding hydrogens is 214 g/mol. The Kier molecular flexibility index (Phi) is 3.11. The minimum atomic E-state index is 0.758. The molecule has 2 N–H and O–H groups in total. The second-order valence-corrected chi connectivity index (χ2v) is 5.32. The number of H-pyrrole nitrogens is 1. The summed E-state index contributed by atoms with van der Waals surface area (Å²) in [4.78, 5) is 6.88. The zero-order chi connectivity index (χ0) is 11.7. The van der Waals surface area contributed by atoms with Crippen molar-refractivity contribution in [3.63, 3.8) is 0 Å². The second-order valence-electron chi connectivity index (χ2n) is 5.32. The number of piperidine rings is 2. The van der Waals surface area contributed by atoms with E-state index < -0.39 is 0 Å². The van der Waals surface area contributed by atoms with E-state index in [9.17, 15) is 0 Å². The maximum atomic E-state index is 4.38. The van der Waals surface area contributed by atoms with Gasteiger partial charge in [-0.1, -0.05) is 0 Å². The van der Waals surface area contributed by atoms with Gasteiger partial charge in [0.15, 0.2) is 5.82 Å². The number of nitrogens with one attached hydrogen (secondary N) is 2. The number of likely N-dealkylation sites (tertiary alicyclic amines) is 1. The SMILES string of the molecule is Cc1nc(CN2CC[C@@H]3NCCC[C@@H]3C2)n[nH]1. The van der Waals surface area contributed by atoms with Gasteiger partial charge >= 0.3 is 0 Å². The predicted molar refractivity (Wildman–Crippen MR) is 65.5 cm³/mol. The van der Waals surface area contributed by atoms with Crippen LogP contribution in [0.25, 0.3) is 0 Å². The number of hydrogen-bond acceptors (Lipinski definition) is 4. The lowest BCUT2D eigenvalue weighted by molar-refractivity contribution is 0.107. The van der Waals surface area contributed by atoms with Gasteiger partial charge in [0.25, 0.3) is 0 Å². The molecule has 0 aliphatic carbocycles. The molecule has 3 rings (SSSR count). The van der Waals surface area contributed by atoms with Gasteiger partial charge < -0.3 is 5.32 Å². The Morgan fingerprint density at radius 1 is 1.41 bits per heavy atom. The molecule has 1 aromatic heterocycles. The monoisotopic (exact) mass is 235 g/mol. The van der Waals surface area contributed by atoms with Crippen molar-refractivity contribution in [2.45, 2.75) is 38.8 Å². The fraction of sp³-hybridized carbons (Fsp3) is 0.833. The maximum Gasteiger partial charge on any atom is 0.164 e. The third-order valence-corrected chi connectivity index (χ3v) is 3.98. The molecule has 0 aromatic carbocycles. The van der Waals surface area contributed by atoms with Crippen LogP contribution in [0.1, 0.15) is 30.9 Å². The summed E-state index contributed by atoms with van der Waals surface area (Å²) in [5.41, 5.74) is 0. The molecule has 2 saturated heterocycles. The average Bonchev–Trinajstić information content (AvgIpc) is 2.75. The van der Waals surface area contributed by atoms with Crippen LogP contribution in [0, 0.1) is 12.8 Å². The molecule has 0 radical (unpaired) electrons. The fourth-order valence-electron chi connectivity index (χ4n) is 3.12. The first-order chi connectivity index (χ1) is 8.31. The molecule has 5 heteroatoms. The molecule has 2 aliphatic heterocycles. The number of aryl methyl sites for hydroxylation is 1. The van der Waals surface area contributed by atoms with Crippen LogP contribution in [0.5, 0.6) is 0 Å². The van der Waals surface area contributed by atoms with E-state index >= 15 is 0 Å². The number of fused-ring (bicyclic) bond motifs is 1. The van der Waals surface area contributed by atoms with Crippen molar-refractivity contribution in [2.75, 3.05) is 19.6 Å². The Morgan fingerprint density at radius 3 is 3.18 bits per heavy atom. The summed E-state index contributed by atoms with van der Waals surface area (Å²) in [6, 6.07) is 0.758. The molecule has 0 unspecified atom stereocenters. The quantitative estimate of drug-likeness (QED) is 0.792. The van der Waals surface area contributed by atoms with Gasteiger partial charge in [-0.05, 0) is 38.6 Å². The minimum absolute atomic E-state index is 0.758. The van der Waals surface area contributed by atoms with Crippen molar-refractivity contribution in [1.82, 2.24) is 25.4 Å². The summed E-state index contributed by atoms with van der Waals surface area (Å²) < 4.78 is 0. The second kappa shape index (κ2) is 4.74. The third-order valence-electron chi connectivity index (χ3n) is 3.98. The number of hydrogen-bond donors (Lipinski definition) is 2. The summed E-state index contributed by atoms with van der Waals surface area (Å²) in [5, 5.41) is 10.8. The van der Waals surface area contributed by atoms with E-state index in [0.717, 1.165) is 30.2 Å². The van der Waals surface area contributed by atoms with Gasteiger partial charge in [0.2, 0.25) is 0 Å². The fourth-order valence-corrected chi connectivity index (χ4v) is 3.12. The Balaban J connectivity index is 1.58. The van der Waals surface area contributed by atoms with E-state index in [0.29, 0.717) is 0 Å². The summed E-state index contributed by atoms with van der Waals surface area (Å²) in [5.74, 6) is 2.68. The molecule has 2 aliphatic rings. The van der Waals surface area contributed by atoms with Crippen molar-refractivity contribution in [3.05, 3.63) is 11.6 Å². The topological polar surface area (TPSA) is 56.8 Å². The molecule has 1 aromatic rings. The zero-order valence-corrected chi connectivity index (χ0v) is 10.4. The predicted octanol–water partition coefficient (Wildman–Crippen LogP) is 0.687. The molecular formula is C12H21N5. The lowest BCUT2D eigenvalue weighted by atomic mass is 9.85. The molecule has 0 saturated carbocycles. The van der Waals surface area contributed by atoms with Crippen LogP contribution in [-0.4, -0.2) is 45.8 Å². The van der Waals surface area contributed by atoms with Gasteiger partial charge in [0.1, 0.15) is 5.82 Å². The van der Waals surface area contributed by atoms with E-state index in [1.165, 1.54) is 38.9 Å². The van der Waals surface area contributed by atoms with Crippen molar-refractivity contribution in [1.29, 1.82) is 0 Å². The standard InChI is InChI=1S/C12H21N5/c1-9-14-12(16-15-9)8-17-6-4-11-10(7-17)3-2-5-13-11/h10-11,13H,2-8H2,1H3,(H,14,15,16)/t10-,11+/m1/s1. The van der Waals surface area contributed by atoms with Crippen LogP contribution in [0.2, 0.25) is 0 Å². The van der Waals surface area contributed by atoms with Crippen LogP contribution < -0.4 is 5.32 Å². The highest BCUT2D eigenvalue weighted by Crippen LogP contribution is 2.25. The van der Waals surface area contributed by atoms with Crippen molar-refractivity contribution in [3.8, 4) is 0 Å². The molecule has 2 atom stereocenters. The van der Waals surface area contributed by atoms with Gasteiger partial charge in [-0.2, -0.15) is 5.10 Å². The Hall–Kier alpha value is -0.940. The third kappa shape index (κ3) is 2.50. The number of aromatic amines is 1. The van der Waals surface area contributed by atoms with E-state index in [4.69, 9.17) is 0 Å². The largest absolute Gasteiger partial charge is 0.314 e. The Bertz CT molecular complexity index is 375. The molecule has 0 amide bonds. The Labute approximate surface area is 102 Å². The van der Waals surface area contributed by atoms with Crippen LogP contribution in [-0.2, 0) is 6.54 Å². The first-order valence-corrected chi connectivity index (χ1v) is 6.65. The highest BCUT2D eigenvalue weighted by atomic mass is 15.3. The van der Waals surface area contributed by atoms with Gasteiger partial charge in [0, 0.05) is 19.1 Å². The average molecular weight is 235 g/mol. The van der Waals surface area contributed by atoms with Gasteiger partial charge in [0.05, 0.1) is 6.54 Å². The highest BCUT2D eigenvalue weighted by molar-refractivity contribution is 4.92. The van der Waals surface area contributed by atoms with E-state index in [-0.39, 0.29) is 0 Å². The van der Waals surface area contributed by atoms with Crippen LogP contribution in [0.3, 0.4) is 0 Å². The summed E-state index contributed by atoms with van der Waals surface area (Å²) >= 11 is 0. The molecule has 94 valence electrons. The highest BCUT2D eigenvalue weighted by Gasteiger charge is 2.31. The molecule has 2 fully saturated rings.